The van der Waals surface area contributed by atoms with Gasteiger partial charge in [0.1, 0.15) is 0 Å². The van der Waals surface area contributed by atoms with E-state index in [-0.39, 0.29) is 11.8 Å². The van der Waals surface area contributed by atoms with Crippen LogP contribution in [0.15, 0.2) is 41.8 Å². The van der Waals surface area contributed by atoms with Gasteiger partial charge >= 0.3 is 0 Å². The van der Waals surface area contributed by atoms with Crippen LogP contribution in [0.1, 0.15) is 16.6 Å². The summed E-state index contributed by atoms with van der Waals surface area (Å²) in [6.45, 7) is 1.46. The molecule has 1 aromatic heterocycles. The molecule has 1 N–H and O–H groups in total. The van der Waals surface area contributed by atoms with Crippen LogP contribution in [-0.2, 0) is 4.79 Å². The zero-order chi connectivity index (χ0) is 13.8. The van der Waals surface area contributed by atoms with Gasteiger partial charge in [0.15, 0.2) is 0 Å². The molecule has 0 aliphatic heterocycles. The molecule has 0 aliphatic rings. The van der Waals surface area contributed by atoms with Crippen molar-refractivity contribution in [2.45, 2.75) is 6.92 Å². The molecular weight excluding hydrogens is 260 g/mol. The molecule has 19 heavy (non-hydrogen) atoms. The molecule has 0 saturated heterocycles. The molecule has 4 nitrogen and oxygen atoms in total. The molecule has 98 valence electrons. The van der Waals surface area contributed by atoms with Crippen LogP contribution < -0.4 is 10.2 Å². The molecule has 0 spiro atoms. The fraction of sp³-hybridized carbons (Fsp3) is 0.143. The van der Waals surface area contributed by atoms with E-state index in [4.69, 9.17) is 0 Å². The Balaban J connectivity index is 2.13. The fourth-order valence-corrected chi connectivity index (χ4v) is 2.35. The standard InChI is InChI=1S/C14H14N2O2S/c1-10(17)15-11-5-7-12(8-6-11)16(2)14(18)13-4-3-9-19-13/h3-9H,1-2H3,(H,15,17). The summed E-state index contributed by atoms with van der Waals surface area (Å²) in [5.74, 6) is -0.155. The second kappa shape index (κ2) is 5.67. The first kappa shape index (κ1) is 13.3. The molecule has 1 heterocycles. The first-order valence-corrected chi connectivity index (χ1v) is 6.65. The van der Waals surface area contributed by atoms with Gasteiger partial charge in [0.2, 0.25) is 5.91 Å². The fourth-order valence-electron chi connectivity index (χ4n) is 1.65. The quantitative estimate of drug-likeness (QED) is 0.935. The van der Waals surface area contributed by atoms with Gasteiger partial charge in [-0.25, -0.2) is 0 Å². The van der Waals surface area contributed by atoms with Crippen molar-refractivity contribution >= 4 is 34.5 Å². The average molecular weight is 274 g/mol. The van der Waals surface area contributed by atoms with E-state index < -0.39 is 0 Å². The Morgan fingerprint density at radius 2 is 1.84 bits per heavy atom. The number of hydrogen-bond acceptors (Lipinski definition) is 3. The predicted molar refractivity (Wildman–Crippen MR) is 77.8 cm³/mol. The van der Waals surface area contributed by atoms with Crippen LogP contribution in [0.5, 0.6) is 0 Å². The summed E-state index contributed by atoms with van der Waals surface area (Å²) in [5, 5.41) is 4.56. The number of rotatable bonds is 3. The summed E-state index contributed by atoms with van der Waals surface area (Å²) in [5.41, 5.74) is 1.50. The SMILES string of the molecule is CC(=O)Nc1ccc(N(C)C(=O)c2cccs2)cc1. The number of thiophene rings is 1. The normalized spacial score (nSPS) is 10.0. The molecule has 0 bridgehead atoms. The van der Waals surface area contributed by atoms with Crippen LogP contribution in [0.25, 0.3) is 0 Å². The lowest BCUT2D eigenvalue weighted by atomic mass is 10.2. The van der Waals surface area contributed by atoms with Gasteiger partial charge in [-0.3, -0.25) is 9.59 Å². The first-order chi connectivity index (χ1) is 9.08. The molecule has 0 unspecified atom stereocenters. The minimum atomic E-state index is -0.115. The highest BCUT2D eigenvalue weighted by Gasteiger charge is 2.14. The third kappa shape index (κ3) is 3.20. The first-order valence-electron chi connectivity index (χ1n) is 5.77. The van der Waals surface area contributed by atoms with Crippen LogP contribution in [0.3, 0.4) is 0 Å². The maximum absolute atomic E-state index is 12.1. The van der Waals surface area contributed by atoms with Crippen molar-refractivity contribution in [2.75, 3.05) is 17.3 Å². The second-order valence-electron chi connectivity index (χ2n) is 4.07. The molecule has 0 fully saturated rings. The van der Waals surface area contributed by atoms with Gasteiger partial charge in [0.25, 0.3) is 5.91 Å². The van der Waals surface area contributed by atoms with Gasteiger partial charge in [-0.2, -0.15) is 0 Å². The smallest absolute Gasteiger partial charge is 0.268 e. The predicted octanol–water partition coefficient (Wildman–Crippen LogP) is 2.98. The van der Waals surface area contributed by atoms with E-state index in [1.54, 1.807) is 42.3 Å². The number of hydrogen-bond donors (Lipinski definition) is 1. The van der Waals surface area contributed by atoms with Crippen molar-refractivity contribution in [3.8, 4) is 0 Å². The van der Waals surface area contributed by atoms with Gasteiger partial charge < -0.3 is 10.2 Å². The highest BCUT2D eigenvalue weighted by Crippen LogP contribution is 2.20. The number of nitrogens with zero attached hydrogens (tertiary/aromatic N) is 1. The minimum absolute atomic E-state index is 0.0396. The van der Waals surface area contributed by atoms with E-state index in [1.165, 1.54) is 18.3 Å². The van der Waals surface area contributed by atoms with Crippen molar-refractivity contribution < 1.29 is 9.59 Å². The maximum Gasteiger partial charge on any atom is 0.268 e. The van der Waals surface area contributed by atoms with E-state index >= 15 is 0 Å². The van der Waals surface area contributed by atoms with Crippen LogP contribution in [0.2, 0.25) is 0 Å². The molecule has 2 amide bonds. The van der Waals surface area contributed by atoms with E-state index in [0.717, 1.165) is 5.69 Å². The molecule has 5 heteroatoms. The average Bonchev–Trinajstić information content (AvgIpc) is 2.91. The Hall–Kier alpha value is -2.14. The lowest BCUT2D eigenvalue weighted by Gasteiger charge is -2.16. The second-order valence-corrected chi connectivity index (χ2v) is 5.02. The summed E-state index contributed by atoms with van der Waals surface area (Å²) in [4.78, 5) is 25.3. The summed E-state index contributed by atoms with van der Waals surface area (Å²) < 4.78 is 0. The molecule has 1 aromatic carbocycles. The number of anilines is 2. The number of carbonyl (C=O) groups excluding carboxylic acids is 2. The van der Waals surface area contributed by atoms with E-state index in [2.05, 4.69) is 5.32 Å². The van der Waals surface area contributed by atoms with Gasteiger partial charge in [0, 0.05) is 25.3 Å². The summed E-state index contributed by atoms with van der Waals surface area (Å²) in [6, 6.07) is 10.8. The van der Waals surface area contributed by atoms with Gasteiger partial charge in [-0.15, -0.1) is 11.3 Å². The Bertz CT molecular complexity index is 576. The Kier molecular flexibility index (Phi) is 3.97. The molecule has 2 rings (SSSR count). The van der Waals surface area contributed by atoms with Gasteiger partial charge in [-0.05, 0) is 35.7 Å². The molecule has 2 aromatic rings. The van der Waals surface area contributed by atoms with Crippen LogP contribution in [0.4, 0.5) is 11.4 Å². The van der Waals surface area contributed by atoms with Gasteiger partial charge in [-0.1, -0.05) is 6.07 Å². The number of benzene rings is 1. The zero-order valence-corrected chi connectivity index (χ0v) is 11.5. The summed E-state index contributed by atoms with van der Waals surface area (Å²) in [6.07, 6.45) is 0. The van der Waals surface area contributed by atoms with Crippen molar-refractivity contribution in [3.63, 3.8) is 0 Å². The lowest BCUT2D eigenvalue weighted by molar-refractivity contribution is -0.114. The molecular formula is C14H14N2O2S. The summed E-state index contributed by atoms with van der Waals surface area (Å²) in [7, 11) is 1.73. The third-order valence-electron chi connectivity index (χ3n) is 2.61. The van der Waals surface area contributed by atoms with Crippen molar-refractivity contribution in [3.05, 3.63) is 46.7 Å². The Morgan fingerprint density at radius 1 is 1.16 bits per heavy atom. The van der Waals surface area contributed by atoms with E-state index in [0.29, 0.717) is 10.6 Å². The minimum Gasteiger partial charge on any atom is -0.326 e. The highest BCUT2D eigenvalue weighted by molar-refractivity contribution is 7.12. The van der Waals surface area contributed by atoms with Crippen molar-refractivity contribution in [1.29, 1.82) is 0 Å². The van der Waals surface area contributed by atoms with Crippen molar-refractivity contribution in [1.82, 2.24) is 0 Å². The van der Waals surface area contributed by atoms with Crippen LogP contribution >= 0.6 is 11.3 Å². The van der Waals surface area contributed by atoms with E-state index in [1.807, 2.05) is 11.4 Å². The molecule has 0 radical (unpaired) electrons. The Morgan fingerprint density at radius 3 is 2.37 bits per heavy atom. The number of nitrogens with one attached hydrogen (secondary N) is 1. The lowest BCUT2D eigenvalue weighted by Crippen LogP contribution is -2.25. The van der Waals surface area contributed by atoms with E-state index in [9.17, 15) is 9.59 Å². The highest BCUT2D eigenvalue weighted by atomic mass is 32.1. The monoisotopic (exact) mass is 274 g/mol. The van der Waals surface area contributed by atoms with Crippen LogP contribution in [-0.4, -0.2) is 18.9 Å². The molecule has 0 atom stereocenters. The Labute approximate surface area is 115 Å². The van der Waals surface area contributed by atoms with Crippen molar-refractivity contribution in [2.24, 2.45) is 0 Å². The third-order valence-corrected chi connectivity index (χ3v) is 3.47. The summed E-state index contributed by atoms with van der Waals surface area (Å²) >= 11 is 1.42. The molecule has 0 saturated carbocycles. The maximum atomic E-state index is 12.1. The number of amides is 2. The largest absolute Gasteiger partial charge is 0.326 e. The number of carbonyl (C=O) groups is 2. The molecule has 0 aliphatic carbocycles. The van der Waals surface area contributed by atoms with Crippen LogP contribution in [0, 0.1) is 0 Å². The van der Waals surface area contributed by atoms with Gasteiger partial charge in [0.05, 0.1) is 4.88 Å². The topological polar surface area (TPSA) is 49.4 Å². The zero-order valence-electron chi connectivity index (χ0n) is 10.7.